The summed E-state index contributed by atoms with van der Waals surface area (Å²) in [4.78, 5) is 5.28. The van der Waals surface area contributed by atoms with Crippen LogP contribution in [-0.4, -0.2) is 18.6 Å². The van der Waals surface area contributed by atoms with Crippen LogP contribution in [0.1, 0.15) is 50.3 Å². The first-order valence-corrected chi connectivity index (χ1v) is 11.9. The predicted molar refractivity (Wildman–Crippen MR) is 130 cm³/mol. The van der Waals surface area contributed by atoms with Crippen LogP contribution >= 0.6 is 0 Å². The minimum Gasteiger partial charge on any atom is -0.452 e. The first kappa shape index (κ1) is 18.4. The van der Waals surface area contributed by atoms with Crippen molar-refractivity contribution in [1.82, 2.24) is 4.58 Å². The molecule has 0 aromatic heterocycles. The number of rotatable bonds is 0. The minimum atomic E-state index is -0.108. The van der Waals surface area contributed by atoms with Gasteiger partial charge >= 0.3 is 0 Å². The molecule has 0 atom stereocenters. The summed E-state index contributed by atoms with van der Waals surface area (Å²) in [5.74, 6) is 1.89. The highest BCUT2D eigenvalue weighted by Gasteiger charge is 2.34. The van der Waals surface area contributed by atoms with E-state index in [0.717, 1.165) is 65.1 Å². The number of nitrogens with zero attached hydrogens (tertiary/aromatic N) is 2. The van der Waals surface area contributed by atoms with E-state index < -0.39 is 0 Å². The Labute approximate surface area is 188 Å². The number of aryl methyl sites for hydroxylation is 1. The summed E-state index contributed by atoms with van der Waals surface area (Å²) in [7, 11) is 0. The topological polar surface area (TPSA) is 36.6 Å². The summed E-state index contributed by atoms with van der Waals surface area (Å²) < 4.78 is 9.46. The van der Waals surface area contributed by atoms with Crippen LogP contribution < -0.4 is 25.3 Å². The van der Waals surface area contributed by atoms with Crippen molar-refractivity contribution in [2.24, 2.45) is 4.99 Å². The van der Waals surface area contributed by atoms with Crippen molar-refractivity contribution in [3.05, 3.63) is 63.8 Å². The van der Waals surface area contributed by atoms with Gasteiger partial charge in [-0.15, -0.1) is 0 Å². The molecule has 0 fully saturated rings. The molecule has 160 valence electrons. The lowest BCUT2D eigenvalue weighted by atomic mass is 9.87. The van der Waals surface area contributed by atoms with Gasteiger partial charge < -0.3 is 10.1 Å². The largest absolute Gasteiger partial charge is 0.452 e. The molecule has 0 aliphatic carbocycles. The third kappa shape index (κ3) is 2.44. The first-order valence-electron chi connectivity index (χ1n) is 11.9. The van der Waals surface area contributed by atoms with Gasteiger partial charge in [0.15, 0.2) is 11.5 Å². The van der Waals surface area contributed by atoms with E-state index >= 15 is 0 Å². The van der Waals surface area contributed by atoms with E-state index in [1.807, 2.05) is 0 Å². The lowest BCUT2D eigenvalue weighted by Crippen LogP contribution is -2.45. The Morgan fingerprint density at radius 1 is 1.03 bits per heavy atom. The van der Waals surface area contributed by atoms with Crippen LogP contribution in [0.3, 0.4) is 0 Å². The molecule has 4 aliphatic heterocycles. The van der Waals surface area contributed by atoms with E-state index in [-0.39, 0.29) is 5.54 Å². The van der Waals surface area contributed by atoms with Crippen LogP contribution in [0.15, 0.2) is 41.4 Å². The maximum atomic E-state index is 6.89. The third-order valence-electron chi connectivity index (χ3n) is 7.45. The number of hydrogen-bond donors (Lipinski definition) is 1. The van der Waals surface area contributed by atoms with Crippen molar-refractivity contribution in [2.45, 2.75) is 52.0 Å². The Kier molecular flexibility index (Phi) is 3.58. The molecular weight excluding hydrogens is 394 g/mol. The molecule has 32 heavy (non-hydrogen) atoms. The second-order valence-electron chi connectivity index (χ2n) is 10.3. The number of benzene rings is 3. The molecule has 3 aromatic carbocycles. The van der Waals surface area contributed by atoms with Gasteiger partial charge in [0.2, 0.25) is 5.36 Å². The molecule has 0 unspecified atom stereocenters. The Morgan fingerprint density at radius 3 is 2.66 bits per heavy atom. The molecular formula is C28H28N3O+. The van der Waals surface area contributed by atoms with Gasteiger partial charge in [0.05, 0.1) is 16.8 Å². The van der Waals surface area contributed by atoms with Crippen LogP contribution in [0.2, 0.25) is 0 Å². The Morgan fingerprint density at radius 2 is 1.81 bits per heavy atom. The van der Waals surface area contributed by atoms with Gasteiger partial charge in [-0.25, -0.2) is 9.57 Å². The molecule has 4 nitrogen and oxygen atoms in total. The zero-order valence-electron chi connectivity index (χ0n) is 19.0. The zero-order chi connectivity index (χ0) is 21.6. The van der Waals surface area contributed by atoms with E-state index in [9.17, 15) is 0 Å². The smallest absolute Gasteiger partial charge is 0.210 e. The van der Waals surface area contributed by atoms with Gasteiger partial charge in [0.25, 0.3) is 0 Å². The summed E-state index contributed by atoms with van der Waals surface area (Å²) in [6.45, 7) is 8.97. The van der Waals surface area contributed by atoms with Crippen molar-refractivity contribution >= 4 is 27.7 Å². The van der Waals surface area contributed by atoms with Crippen LogP contribution in [0.25, 0.3) is 16.3 Å². The van der Waals surface area contributed by atoms with Crippen molar-refractivity contribution < 1.29 is 4.74 Å². The molecule has 0 amide bonds. The molecule has 0 spiro atoms. The quantitative estimate of drug-likeness (QED) is 0.410. The second kappa shape index (κ2) is 6.22. The van der Waals surface area contributed by atoms with Gasteiger partial charge in [-0.05, 0) is 45.3 Å². The van der Waals surface area contributed by atoms with Gasteiger partial charge in [0.1, 0.15) is 24.1 Å². The van der Waals surface area contributed by atoms with Crippen molar-refractivity contribution in [2.75, 3.05) is 18.4 Å². The van der Waals surface area contributed by atoms with Crippen molar-refractivity contribution in [3.63, 3.8) is 0 Å². The summed E-state index contributed by atoms with van der Waals surface area (Å²) in [6, 6.07) is 10.9. The lowest BCUT2D eigenvalue weighted by molar-refractivity contribution is 0.435. The number of allylic oxidation sites excluding steroid dienone is 1. The van der Waals surface area contributed by atoms with Gasteiger partial charge in [-0.1, -0.05) is 30.3 Å². The van der Waals surface area contributed by atoms with Crippen LogP contribution in [0, 0.1) is 0 Å². The number of anilines is 1. The van der Waals surface area contributed by atoms with Gasteiger partial charge in [0, 0.05) is 34.7 Å². The SMILES string of the molecule is CC1=CC(C)(C)Nc2c1c1c(c3ccccc23)N=c2cc3c4c(c2O1)CCC[N+]=4CCC3. The summed E-state index contributed by atoms with van der Waals surface area (Å²) in [5, 5.41) is 8.57. The molecule has 0 saturated carbocycles. The van der Waals surface area contributed by atoms with Gasteiger partial charge in [-0.2, -0.15) is 0 Å². The highest BCUT2D eigenvalue weighted by Crippen LogP contribution is 2.52. The Bertz CT molecular complexity index is 1510. The van der Waals surface area contributed by atoms with Crippen LogP contribution in [0.4, 0.5) is 11.4 Å². The molecule has 4 heteroatoms. The van der Waals surface area contributed by atoms with Crippen molar-refractivity contribution in [1.29, 1.82) is 0 Å². The highest BCUT2D eigenvalue weighted by atomic mass is 16.5. The van der Waals surface area contributed by atoms with E-state index in [4.69, 9.17) is 9.73 Å². The van der Waals surface area contributed by atoms with E-state index in [2.05, 4.69) is 67.1 Å². The fraction of sp³-hybridized carbons (Fsp3) is 0.357. The highest BCUT2D eigenvalue weighted by molar-refractivity contribution is 6.10. The second-order valence-corrected chi connectivity index (χ2v) is 10.3. The number of nitrogens with one attached hydrogen (secondary N) is 1. The minimum absolute atomic E-state index is 0.108. The molecule has 0 radical (unpaired) electrons. The number of fused-ring (bicyclic) bond motifs is 8. The molecule has 0 bridgehead atoms. The standard InChI is InChI=1S/C28H27N3O/c1-16-15-28(2,3)30-23-18-9-4-5-10-19(18)24-27(22(16)23)32-26-20-11-7-13-31-12-6-8-17(25(20)31)14-21(26)29-24/h4-5,9-10,14-15H,6-8,11-13H2,1-3H3/p+1. The number of ether oxygens (including phenoxy) is 1. The maximum Gasteiger partial charge on any atom is 0.210 e. The normalized spacial score (nSPS) is 19.5. The molecule has 1 N–H and O–H groups in total. The zero-order valence-corrected chi connectivity index (χ0v) is 19.0. The molecule has 0 saturated heterocycles. The molecule has 3 aromatic rings. The summed E-state index contributed by atoms with van der Waals surface area (Å²) >= 11 is 0. The predicted octanol–water partition coefficient (Wildman–Crippen LogP) is 4.89. The maximum absolute atomic E-state index is 6.89. The van der Waals surface area contributed by atoms with E-state index in [1.165, 1.54) is 40.3 Å². The average Bonchev–Trinajstić information content (AvgIpc) is 2.78. The fourth-order valence-electron chi connectivity index (χ4n) is 6.32. The summed E-state index contributed by atoms with van der Waals surface area (Å²) in [6.07, 6.45) is 6.93. The molecule has 4 aliphatic rings. The lowest BCUT2D eigenvalue weighted by Gasteiger charge is -2.34. The Balaban J connectivity index is 1.61. The van der Waals surface area contributed by atoms with Gasteiger partial charge in [-0.3, -0.25) is 0 Å². The molecule has 4 heterocycles. The van der Waals surface area contributed by atoms with Crippen LogP contribution in [0.5, 0.6) is 11.5 Å². The monoisotopic (exact) mass is 422 g/mol. The van der Waals surface area contributed by atoms with Crippen LogP contribution in [-0.2, 0) is 12.8 Å². The summed E-state index contributed by atoms with van der Waals surface area (Å²) in [5.41, 5.74) is 7.24. The molecule has 7 rings (SSSR count). The number of hydrogen-bond acceptors (Lipinski definition) is 3. The first-order chi connectivity index (χ1) is 15.5. The third-order valence-corrected chi connectivity index (χ3v) is 7.45. The van der Waals surface area contributed by atoms with E-state index in [0.29, 0.717) is 0 Å². The van der Waals surface area contributed by atoms with Crippen molar-refractivity contribution in [3.8, 4) is 11.5 Å². The van der Waals surface area contributed by atoms with E-state index in [1.54, 1.807) is 0 Å². The fourth-order valence-corrected chi connectivity index (χ4v) is 6.32. The Hall–Kier alpha value is -3.14. The average molecular weight is 423 g/mol.